The van der Waals surface area contributed by atoms with Gasteiger partial charge in [-0.2, -0.15) is 0 Å². The van der Waals surface area contributed by atoms with Gasteiger partial charge in [-0.25, -0.2) is 0 Å². The molecule has 1 rings (SSSR count). The van der Waals surface area contributed by atoms with Crippen molar-refractivity contribution in [3.05, 3.63) is 0 Å². The van der Waals surface area contributed by atoms with Crippen LogP contribution in [0.1, 0.15) is 47.0 Å². The highest BCUT2D eigenvalue weighted by Crippen LogP contribution is 2.29. The molecule has 2 atom stereocenters. The predicted octanol–water partition coefficient (Wildman–Crippen LogP) is 2.81. The van der Waals surface area contributed by atoms with Gasteiger partial charge in [0.2, 0.25) is 0 Å². The number of nitrogens with one attached hydrogen (secondary N) is 1. The van der Waals surface area contributed by atoms with Crippen LogP contribution in [0.3, 0.4) is 0 Å². The van der Waals surface area contributed by atoms with Gasteiger partial charge in [0.15, 0.2) is 0 Å². The summed E-state index contributed by atoms with van der Waals surface area (Å²) in [6, 6.07) is 0.592. The van der Waals surface area contributed by atoms with Crippen molar-refractivity contribution in [1.82, 2.24) is 5.32 Å². The Kier molecular flexibility index (Phi) is 3.61. The molecule has 1 aliphatic carbocycles. The van der Waals surface area contributed by atoms with Crippen molar-refractivity contribution in [3.63, 3.8) is 0 Å². The van der Waals surface area contributed by atoms with Crippen LogP contribution in [-0.2, 0) is 0 Å². The molecular weight excluding hydrogens is 170 g/mol. The molecule has 1 heteroatoms. The molecule has 0 saturated heterocycles. The zero-order chi connectivity index (χ0) is 10.8. The van der Waals surface area contributed by atoms with Crippen molar-refractivity contribution >= 4 is 0 Å². The molecule has 1 fully saturated rings. The van der Waals surface area contributed by atoms with Crippen LogP contribution in [0, 0.1) is 24.2 Å². The van der Waals surface area contributed by atoms with E-state index in [1.807, 2.05) is 0 Å². The molecule has 0 bridgehead atoms. The molecule has 2 unspecified atom stereocenters. The van der Waals surface area contributed by atoms with E-state index in [-0.39, 0.29) is 5.54 Å². The minimum atomic E-state index is -0.162. The smallest absolute Gasteiger partial charge is 0.0743 e. The summed E-state index contributed by atoms with van der Waals surface area (Å²) in [5.74, 6) is 4.33. The number of terminal acetylenes is 1. The first kappa shape index (κ1) is 11.6. The van der Waals surface area contributed by atoms with Crippen LogP contribution < -0.4 is 5.32 Å². The molecule has 0 spiro atoms. The minimum absolute atomic E-state index is 0.162. The molecule has 1 N–H and O–H groups in total. The van der Waals surface area contributed by atoms with Crippen LogP contribution in [-0.4, -0.2) is 11.6 Å². The maximum atomic E-state index is 5.50. The quantitative estimate of drug-likeness (QED) is 0.665. The summed E-state index contributed by atoms with van der Waals surface area (Å²) in [6.07, 6.45) is 9.55. The van der Waals surface area contributed by atoms with Gasteiger partial charge in [0.1, 0.15) is 0 Å². The van der Waals surface area contributed by atoms with E-state index >= 15 is 0 Å². The largest absolute Gasteiger partial charge is 0.298 e. The highest BCUT2D eigenvalue weighted by atomic mass is 15.0. The first-order valence-electron chi connectivity index (χ1n) is 5.72. The Morgan fingerprint density at radius 1 is 1.21 bits per heavy atom. The van der Waals surface area contributed by atoms with Gasteiger partial charge in [-0.1, -0.05) is 26.2 Å². The Morgan fingerprint density at radius 3 is 2.14 bits per heavy atom. The Bertz CT molecular complexity index is 214. The fourth-order valence-corrected chi connectivity index (χ4v) is 2.42. The fraction of sp³-hybridized carbons (Fsp3) is 0.846. The van der Waals surface area contributed by atoms with Crippen LogP contribution in [0.4, 0.5) is 0 Å². The molecule has 0 aromatic rings. The molecule has 14 heavy (non-hydrogen) atoms. The van der Waals surface area contributed by atoms with Crippen LogP contribution in [0.5, 0.6) is 0 Å². The third kappa shape index (κ3) is 2.75. The highest BCUT2D eigenvalue weighted by molar-refractivity contribution is 5.09. The molecule has 0 radical (unpaired) electrons. The first-order valence-corrected chi connectivity index (χ1v) is 5.72. The van der Waals surface area contributed by atoms with Gasteiger partial charge >= 0.3 is 0 Å². The zero-order valence-corrected chi connectivity index (χ0v) is 9.93. The average molecular weight is 193 g/mol. The summed E-state index contributed by atoms with van der Waals surface area (Å²) >= 11 is 0. The fourth-order valence-electron chi connectivity index (χ4n) is 2.42. The lowest BCUT2D eigenvalue weighted by Gasteiger charge is -2.39. The van der Waals surface area contributed by atoms with E-state index in [1.165, 1.54) is 19.3 Å². The maximum Gasteiger partial charge on any atom is 0.0743 e. The standard InChI is InChI=1S/C13H23N/c1-6-13(4,5)14-12-10(2)8-7-9-11(12)3/h1,10-12,14H,7-9H2,2-5H3. The number of hydrogen-bond donors (Lipinski definition) is 1. The van der Waals surface area contributed by atoms with Crippen molar-refractivity contribution in [2.45, 2.75) is 58.5 Å². The highest BCUT2D eigenvalue weighted by Gasteiger charge is 2.31. The van der Waals surface area contributed by atoms with Crippen molar-refractivity contribution in [2.24, 2.45) is 11.8 Å². The third-order valence-electron chi connectivity index (χ3n) is 3.43. The van der Waals surface area contributed by atoms with Gasteiger partial charge in [-0.3, -0.25) is 5.32 Å². The van der Waals surface area contributed by atoms with E-state index in [1.54, 1.807) is 0 Å². The summed E-state index contributed by atoms with van der Waals surface area (Å²) in [4.78, 5) is 0. The summed E-state index contributed by atoms with van der Waals surface area (Å²) in [7, 11) is 0. The lowest BCUT2D eigenvalue weighted by molar-refractivity contribution is 0.185. The summed E-state index contributed by atoms with van der Waals surface area (Å²) < 4.78 is 0. The van der Waals surface area contributed by atoms with E-state index in [0.717, 1.165) is 11.8 Å². The van der Waals surface area contributed by atoms with Gasteiger partial charge in [-0.15, -0.1) is 6.42 Å². The van der Waals surface area contributed by atoms with Gasteiger partial charge in [0, 0.05) is 6.04 Å². The topological polar surface area (TPSA) is 12.0 Å². The Balaban J connectivity index is 2.61. The Labute approximate surface area is 88.7 Å². The summed E-state index contributed by atoms with van der Waals surface area (Å²) in [6.45, 7) is 8.84. The van der Waals surface area contributed by atoms with Crippen molar-refractivity contribution in [1.29, 1.82) is 0 Å². The lowest BCUT2D eigenvalue weighted by Crippen LogP contribution is -2.52. The average Bonchev–Trinajstić information content (AvgIpc) is 2.12. The van der Waals surface area contributed by atoms with E-state index in [2.05, 4.69) is 38.9 Å². The predicted molar refractivity (Wildman–Crippen MR) is 62.0 cm³/mol. The molecule has 1 nitrogen and oxygen atoms in total. The lowest BCUT2D eigenvalue weighted by atomic mass is 9.78. The van der Waals surface area contributed by atoms with Gasteiger partial charge in [0.25, 0.3) is 0 Å². The molecular formula is C13H23N. The summed E-state index contributed by atoms with van der Waals surface area (Å²) in [5, 5.41) is 3.61. The number of rotatable bonds is 2. The zero-order valence-electron chi connectivity index (χ0n) is 9.93. The van der Waals surface area contributed by atoms with Crippen LogP contribution in [0.2, 0.25) is 0 Å². The van der Waals surface area contributed by atoms with Crippen molar-refractivity contribution in [3.8, 4) is 12.3 Å². The van der Waals surface area contributed by atoms with Gasteiger partial charge in [-0.05, 0) is 38.5 Å². The third-order valence-corrected chi connectivity index (χ3v) is 3.43. The molecule has 0 amide bonds. The second-order valence-electron chi connectivity index (χ2n) is 5.32. The molecule has 0 aromatic carbocycles. The van der Waals surface area contributed by atoms with E-state index in [9.17, 15) is 0 Å². The molecule has 1 saturated carbocycles. The molecule has 80 valence electrons. The van der Waals surface area contributed by atoms with Crippen molar-refractivity contribution in [2.75, 3.05) is 0 Å². The van der Waals surface area contributed by atoms with E-state index in [4.69, 9.17) is 6.42 Å². The Morgan fingerprint density at radius 2 is 1.71 bits per heavy atom. The normalized spacial score (nSPS) is 33.8. The van der Waals surface area contributed by atoms with E-state index < -0.39 is 0 Å². The SMILES string of the molecule is C#CC(C)(C)NC1C(C)CCCC1C. The Hall–Kier alpha value is -0.480. The second kappa shape index (κ2) is 4.36. The van der Waals surface area contributed by atoms with Crippen LogP contribution >= 0.6 is 0 Å². The molecule has 0 heterocycles. The van der Waals surface area contributed by atoms with Crippen LogP contribution in [0.15, 0.2) is 0 Å². The van der Waals surface area contributed by atoms with Gasteiger partial charge in [0.05, 0.1) is 5.54 Å². The van der Waals surface area contributed by atoms with Gasteiger partial charge < -0.3 is 0 Å². The first-order chi connectivity index (χ1) is 6.46. The van der Waals surface area contributed by atoms with Crippen LogP contribution in [0.25, 0.3) is 0 Å². The van der Waals surface area contributed by atoms with Crippen molar-refractivity contribution < 1.29 is 0 Å². The monoisotopic (exact) mass is 193 g/mol. The number of hydrogen-bond acceptors (Lipinski definition) is 1. The molecule has 0 aromatic heterocycles. The van der Waals surface area contributed by atoms with E-state index in [0.29, 0.717) is 6.04 Å². The molecule has 1 aliphatic rings. The maximum absolute atomic E-state index is 5.50. The second-order valence-corrected chi connectivity index (χ2v) is 5.32. The summed E-state index contributed by atoms with van der Waals surface area (Å²) in [5.41, 5.74) is -0.162. The minimum Gasteiger partial charge on any atom is -0.298 e. The molecule has 0 aliphatic heterocycles.